The molecule has 3 N–H and O–H groups in total. The van der Waals surface area contributed by atoms with Crippen molar-refractivity contribution in [2.45, 2.75) is 32.7 Å². The molecule has 2 aromatic rings. The minimum absolute atomic E-state index is 0.163. The van der Waals surface area contributed by atoms with Gasteiger partial charge in [-0.1, -0.05) is 19.4 Å². The first kappa shape index (κ1) is 19.6. The number of anilines is 1. The van der Waals surface area contributed by atoms with Gasteiger partial charge in [-0.15, -0.1) is 11.3 Å². The Balaban J connectivity index is 2.11. The van der Waals surface area contributed by atoms with Gasteiger partial charge in [0, 0.05) is 5.56 Å². The minimum Gasteiger partial charge on any atom is -0.480 e. The Bertz CT molecular complexity index is 834. The molecule has 0 saturated carbocycles. The summed E-state index contributed by atoms with van der Waals surface area (Å²) in [5, 5.41) is 14.7. The van der Waals surface area contributed by atoms with Gasteiger partial charge in [0.05, 0.1) is 9.88 Å². The number of rotatable bonds is 7. The Hall–Kier alpha value is -2.74. The zero-order chi connectivity index (χ0) is 19.3. The van der Waals surface area contributed by atoms with Crippen molar-refractivity contribution in [3.05, 3.63) is 52.2 Å². The van der Waals surface area contributed by atoms with Crippen molar-refractivity contribution in [1.29, 1.82) is 0 Å². The van der Waals surface area contributed by atoms with Crippen LogP contribution in [-0.2, 0) is 4.79 Å². The van der Waals surface area contributed by atoms with Crippen LogP contribution in [0.15, 0.2) is 30.3 Å². The average Bonchev–Trinajstić information content (AvgIpc) is 2.94. The summed E-state index contributed by atoms with van der Waals surface area (Å²) in [6.07, 6.45) is 0.949. The van der Waals surface area contributed by atoms with Gasteiger partial charge in [0.1, 0.15) is 11.9 Å². The van der Waals surface area contributed by atoms with Crippen molar-refractivity contribution in [3.63, 3.8) is 0 Å². The fourth-order valence-electron chi connectivity index (χ4n) is 2.35. The maximum atomic E-state index is 13.2. The molecule has 0 saturated heterocycles. The molecule has 1 unspecified atom stereocenters. The Labute approximate surface area is 154 Å². The molecule has 8 heteroatoms. The lowest BCUT2D eigenvalue weighted by atomic mass is 10.1. The number of hydrogen-bond acceptors (Lipinski definition) is 4. The minimum atomic E-state index is -1.09. The van der Waals surface area contributed by atoms with E-state index < -0.39 is 29.6 Å². The van der Waals surface area contributed by atoms with Crippen LogP contribution in [-0.4, -0.2) is 28.9 Å². The number of benzene rings is 1. The van der Waals surface area contributed by atoms with Gasteiger partial charge in [0.15, 0.2) is 0 Å². The predicted octanol–water partition coefficient (Wildman–Crippen LogP) is 3.43. The second-order valence-corrected chi connectivity index (χ2v) is 6.79. The van der Waals surface area contributed by atoms with Crippen molar-refractivity contribution in [2.24, 2.45) is 0 Å². The summed E-state index contributed by atoms with van der Waals surface area (Å²) >= 11 is 1.04. The van der Waals surface area contributed by atoms with Gasteiger partial charge in [-0.05, 0) is 43.2 Å². The zero-order valence-corrected chi connectivity index (χ0v) is 15.2. The first-order valence-electron chi connectivity index (χ1n) is 8.02. The largest absolute Gasteiger partial charge is 0.480 e. The van der Waals surface area contributed by atoms with Crippen molar-refractivity contribution in [2.75, 3.05) is 5.32 Å². The number of aryl methyl sites for hydroxylation is 1. The van der Waals surface area contributed by atoms with E-state index >= 15 is 0 Å². The zero-order valence-electron chi connectivity index (χ0n) is 14.3. The molecule has 138 valence electrons. The summed E-state index contributed by atoms with van der Waals surface area (Å²) in [7, 11) is 0. The topological polar surface area (TPSA) is 95.5 Å². The molecule has 6 nitrogen and oxygen atoms in total. The second kappa shape index (κ2) is 8.57. The highest BCUT2D eigenvalue weighted by atomic mass is 32.1. The number of carbonyl (C=O) groups is 3. The van der Waals surface area contributed by atoms with Crippen LogP contribution in [0, 0.1) is 12.7 Å². The molecule has 0 aliphatic heterocycles. The number of carbonyl (C=O) groups excluding carboxylic acids is 2. The smallest absolute Gasteiger partial charge is 0.326 e. The van der Waals surface area contributed by atoms with Gasteiger partial charge >= 0.3 is 5.97 Å². The Morgan fingerprint density at radius 1 is 1.23 bits per heavy atom. The van der Waals surface area contributed by atoms with E-state index in [0.29, 0.717) is 28.3 Å². The monoisotopic (exact) mass is 378 g/mol. The highest BCUT2D eigenvalue weighted by molar-refractivity contribution is 7.18. The van der Waals surface area contributed by atoms with E-state index in [9.17, 15) is 18.8 Å². The molecule has 1 aromatic heterocycles. The van der Waals surface area contributed by atoms with E-state index in [4.69, 9.17) is 5.11 Å². The molecule has 0 aliphatic rings. The number of thiophene rings is 1. The van der Waals surface area contributed by atoms with Crippen LogP contribution >= 0.6 is 11.3 Å². The van der Waals surface area contributed by atoms with Gasteiger partial charge < -0.3 is 15.7 Å². The van der Waals surface area contributed by atoms with Crippen LogP contribution in [0.2, 0.25) is 0 Å². The highest BCUT2D eigenvalue weighted by Crippen LogP contribution is 2.27. The van der Waals surface area contributed by atoms with E-state index in [1.807, 2.05) is 6.92 Å². The van der Waals surface area contributed by atoms with E-state index in [2.05, 4.69) is 10.6 Å². The normalized spacial score (nSPS) is 11.7. The van der Waals surface area contributed by atoms with Crippen LogP contribution in [0.5, 0.6) is 0 Å². The molecule has 1 aromatic carbocycles. The van der Waals surface area contributed by atoms with Crippen molar-refractivity contribution >= 4 is 34.1 Å². The second-order valence-electron chi connectivity index (χ2n) is 5.74. The lowest BCUT2D eigenvalue weighted by Gasteiger charge is -2.13. The van der Waals surface area contributed by atoms with Crippen LogP contribution in [0.4, 0.5) is 9.39 Å². The van der Waals surface area contributed by atoms with Gasteiger partial charge in [0.25, 0.3) is 11.8 Å². The predicted molar refractivity (Wildman–Crippen MR) is 97.2 cm³/mol. The fourth-order valence-corrected chi connectivity index (χ4v) is 3.32. The number of carboxylic acid groups (broad SMARTS) is 1. The Kier molecular flexibility index (Phi) is 6.46. The van der Waals surface area contributed by atoms with Crippen LogP contribution in [0.3, 0.4) is 0 Å². The number of aliphatic carboxylic acids is 1. The van der Waals surface area contributed by atoms with Crippen molar-refractivity contribution in [1.82, 2.24) is 5.32 Å². The average molecular weight is 378 g/mol. The van der Waals surface area contributed by atoms with E-state index in [1.54, 1.807) is 13.0 Å². The van der Waals surface area contributed by atoms with E-state index in [0.717, 1.165) is 17.4 Å². The third-order valence-electron chi connectivity index (χ3n) is 3.63. The molecule has 0 radical (unpaired) electrons. The first-order chi connectivity index (χ1) is 12.3. The number of hydrogen-bond donors (Lipinski definition) is 3. The van der Waals surface area contributed by atoms with Gasteiger partial charge in [-0.3, -0.25) is 9.59 Å². The lowest BCUT2D eigenvalue weighted by Crippen LogP contribution is -2.40. The standard InChI is InChI=1S/C18H19FN2O4S/c1-3-5-13(18(24)25)20-17(23)15-10(2)8-14(26-15)21-16(22)11-6-4-7-12(19)9-11/h4,6-9,13H,3,5H2,1-2H3,(H,20,23)(H,21,22)(H,24,25). The molecule has 2 rings (SSSR count). The maximum absolute atomic E-state index is 13.2. The summed E-state index contributed by atoms with van der Waals surface area (Å²) in [5.74, 6) is -2.60. The molecular weight excluding hydrogens is 359 g/mol. The molecule has 0 spiro atoms. The van der Waals surface area contributed by atoms with Gasteiger partial charge in [-0.25, -0.2) is 9.18 Å². The SMILES string of the molecule is CCCC(NC(=O)c1sc(NC(=O)c2cccc(F)c2)cc1C)C(=O)O. The van der Waals surface area contributed by atoms with Crippen LogP contribution in [0.1, 0.15) is 45.4 Å². The van der Waals surface area contributed by atoms with Crippen molar-refractivity contribution in [3.8, 4) is 0 Å². The molecule has 0 bridgehead atoms. The van der Waals surface area contributed by atoms with Gasteiger partial charge in [-0.2, -0.15) is 0 Å². The summed E-state index contributed by atoms with van der Waals surface area (Å²) in [5.41, 5.74) is 0.777. The number of halogens is 1. The quantitative estimate of drug-likeness (QED) is 0.688. The summed E-state index contributed by atoms with van der Waals surface area (Å²) < 4.78 is 13.2. The fraction of sp³-hybridized carbons (Fsp3) is 0.278. The molecule has 1 atom stereocenters. The Morgan fingerprint density at radius 3 is 2.58 bits per heavy atom. The number of amides is 2. The summed E-state index contributed by atoms with van der Waals surface area (Å²) in [6.45, 7) is 3.53. The maximum Gasteiger partial charge on any atom is 0.326 e. The van der Waals surface area contributed by atoms with E-state index in [1.165, 1.54) is 18.2 Å². The molecule has 2 amide bonds. The van der Waals surface area contributed by atoms with Crippen LogP contribution in [0.25, 0.3) is 0 Å². The molecular formula is C18H19FN2O4S. The Morgan fingerprint density at radius 2 is 1.96 bits per heavy atom. The molecule has 1 heterocycles. The first-order valence-corrected chi connectivity index (χ1v) is 8.84. The molecule has 0 aliphatic carbocycles. The van der Waals surface area contributed by atoms with Gasteiger partial charge in [0.2, 0.25) is 0 Å². The van der Waals surface area contributed by atoms with E-state index in [-0.39, 0.29) is 5.56 Å². The van der Waals surface area contributed by atoms with Crippen molar-refractivity contribution < 1.29 is 23.9 Å². The number of nitrogens with one attached hydrogen (secondary N) is 2. The lowest BCUT2D eigenvalue weighted by molar-refractivity contribution is -0.139. The highest BCUT2D eigenvalue weighted by Gasteiger charge is 2.22. The molecule has 26 heavy (non-hydrogen) atoms. The number of carboxylic acids is 1. The van der Waals surface area contributed by atoms with Crippen LogP contribution < -0.4 is 10.6 Å². The molecule has 0 fully saturated rings. The third kappa shape index (κ3) is 4.89. The summed E-state index contributed by atoms with van der Waals surface area (Å²) in [6, 6.07) is 5.93. The summed E-state index contributed by atoms with van der Waals surface area (Å²) in [4.78, 5) is 36.0. The third-order valence-corrected chi connectivity index (χ3v) is 4.78.